The number of carboxylic acid groups (broad SMARTS) is 1. The molecule has 2 atom stereocenters. The van der Waals surface area contributed by atoms with Crippen LogP contribution in [0.25, 0.3) is 0 Å². The fraction of sp³-hybridized carbons (Fsp3) is 0.867. The van der Waals surface area contributed by atoms with Crippen molar-refractivity contribution >= 4 is 12.0 Å². The highest BCUT2D eigenvalue weighted by molar-refractivity contribution is 5.86. The number of aliphatic carboxylic acids is 1. The van der Waals surface area contributed by atoms with Crippen LogP contribution in [-0.2, 0) is 4.79 Å². The summed E-state index contributed by atoms with van der Waals surface area (Å²) in [5.41, 5.74) is -1.03. The molecule has 1 saturated carbocycles. The van der Waals surface area contributed by atoms with Gasteiger partial charge in [0.25, 0.3) is 0 Å². The van der Waals surface area contributed by atoms with Gasteiger partial charge in [-0.15, -0.1) is 0 Å². The molecule has 0 aromatic rings. The number of urea groups is 1. The van der Waals surface area contributed by atoms with Crippen LogP contribution in [0.5, 0.6) is 0 Å². The Labute approximate surface area is 125 Å². The average molecular weight is 295 g/mol. The van der Waals surface area contributed by atoms with Crippen molar-refractivity contribution in [3.05, 3.63) is 0 Å². The first-order valence-corrected chi connectivity index (χ1v) is 8.04. The van der Waals surface area contributed by atoms with E-state index in [0.717, 1.165) is 32.2 Å². The molecule has 0 spiro atoms. The van der Waals surface area contributed by atoms with Gasteiger partial charge in [0.2, 0.25) is 0 Å². The van der Waals surface area contributed by atoms with Gasteiger partial charge in [0.1, 0.15) is 5.54 Å². The number of amides is 2. The third-order valence-electron chi connectivity index (χ3n) is 5.65. The number of nitrogens with zero attached hydrogens (tertiary/aromatic N) is 2. The molecule has 3 rings (SSSR count). The van der Waals surface area contributed by atoms with Crippen LogP contribution in [0.15, 0.2) is 0 Å². The molecule has 118 valence electrons. The molecule has 0 aromatic carbocycles. The molecule has 6 heteroatoms. The van der Waals surface area contributed by atoms with E-state index < -0.39 is 11.5 Å². The van der Waals surface area contributed by atoms with Crippen molar-refractivity contribution in [3.8, 4) is 0 Å². The summed E-state index contributed by atoms with van der Waals surface area (Å²) < 4.78 is 0. The Hall–Kier alpha value is -1.30. The molecule has 1 aliphatic carbocycles. The van der Waals surface area contributed by atoms with E-state index in [1.807, 2.05) is 4.90 Å². The van der Waals surface area contributed by atoms with E-state index in [1.54, 1.807) is 0 Å². The van der Waals surface area contributed by atoms with E-state index >= 15 is 0 Å². The van der Waals surface area contributed by atoms with E-state index in [0.29, 0.717) is 31.5 Å². The normalized spacial score (nSPS) is 32.0. The van der Waals surface area contributed by atoms with Crippen LogP contribution in [0.2, 0.25) is 0 Å². The monoisotopic (exact) mass is 295 g/mol. The SMILES string of the molecule is CN1C2CCC1CN(C(=O)NC1(C(=O)O)CCCC1)CC2. The highest BCUT2D eigenvalue weighted by Crippen LogP contribution is 2.31. The Morgan fingerprint density at radius 2 is 1.81 bits per heavy atom. The van der Waals surface area contributed by atoms with Gasteiger partial charge in [-0.05, 0) is 39.2 Å². The van der Waals surface area contributed by atoms with E-state index in [2.05, 4.69) is 17.3 Å². The fourth-order valence-corrected chi connectivity index (χ4v) is 4.15. The van der Waals surface area contributed by atoms with Gasteiger partial charge in [-0.3, -0.25) is 4.90 Å². The van der Waals surface area contributed by atoms with Crippen LogP contribution in [0.3, 0.4) is 0 Å². The summed E-state index contributed by atoms with van der Waals surface area (Å²) in [5, 5.41) is 12.3. The predicted octanol–water partition coefficient (Wildman–Crippen LogP) is 1.26. The maximum absolute atomic E-state index is 12.5. The molecule has 2 unspecified atom stereocenters. The summed E-state index contributed by atoms with van der Waals surface area (Å²) in [6.45, 7) is 1.45. The van der Waals surface area contributed by atoms with Gasteiger partial charge in [-0.1, -0.05) is 12.8 Å². The standard InChI is InChI=1S/C15H25N3O3/c1-17-11-4-5-12(17)10-18(9-6-11)14(21)16-15(13(19)20)7-2-3-8-15/h11-12H,2-10H2,1H3,(H,16,21)(H,19,20). The molecule has 2 N–H and O–H groups in total. The number of hydrogen-bond donors (Lipinski definition) is 2. The number of rotatable bonds is 2. The van der Waals surface area contributed by atoms with Gasteiger partial charge >= 0.3 is 12.0 Å². The maximum atomic E-state index is 12.5. The fourth-order valence-electron chi connectivity index (χ4n) is 4.15. The summed E-state index contributed by atoms with van der Waals surface area (Å²) in [4.78, 5) is 28.3. The van der Waals surface area contributed by atoms with Gasteiger partial charge in [0.15, 0.2) is 0 Å². The van der Waals surface area contributed by atoms with Crippen LogP contribution in [0, 0.1) is 0 Å². The zero-order chi connectivity index (χ0) is 15.0. The highest BCUT2D eigenvalue weighted by Gasteiger charge is 2.44. The lowest BCUT2D eigenvalue weighted by Crippen LogP contribution is -2.57. The van der Waals surface area contributed by atoms with Crippen molar-refractivity contribution in [2.75, 3.05) is 20.1 Å². The lowest BCUT2D eigenvalue weighted by Gasteiger charge is -2.31. The highest BCUT2D eigenvalue weighted by atomic mass is 16.4. The summed E-state index contributed by atoms with van der Waals surface area (Å²) >= 11 is 0. The smallest absolute Gasteiger partial charge is 0.329 e. The Bertz CT molecular complexity index is 434. The maximum Gasteiger partial charge on any atom is 0.329 e. The van der Waals surface area contributed by atoms with Crippen LogP contribution in [0.4, 0.5) is 4.79 Å². The first-order valence-electron chi connectivity index (χ1n) is 8.04. The van der Waals surface area contributed by atoms with E-state index in [1.165, 1.54) is 6.42 Å². The molecule has 6 nitrogen and oxygen atoms in total. The zero-order valence-corrected chi connectivity index (χ0v) is 12.7. The summed E-state index contributed by atoms with van der Waals surface area (Å²) in [6.07, 6.45) is 6.19. The minimum absolute atomic E-state index is 0.194. The van der Waals surface area contributed by atoms with Crippen LogP contribution < -0.4 is 5.32 Å². The molecule has 2 aliphatic heterocycles. The molecule has 0 radical (unpaired) electrons. The number of nitrogens with one attached hydrogen (secondary N) is 1. The van der Waals surface area contributed by atoms with E-state index in [-0.39, 0.29) is 6.03 Å². The topological polar surface area (TPSA) is 72.9 Å². The Kier molecular flexibility index (Phi) is 3.82. The summed E-state index contributed by atoms with van der Waals surface area (Å²) in [5.74, 6) is -0.887. The van der Waals surface area contributed by atoms with E-state index in [9.17, 15) is 14.7 Å². The molecule has 2 amide bonds. The van der Waals surface area contributed by atoms with Crippen molar-refractivity contribution in [2.24, 2.45) is 0 Å². The molecule has 3 aliphatic rings. The first-order chi connectivity index (χ1) is 10.0. The number of hydrogen-bond acceptors (Lipinski definition) is 3. The molecule has 0 aromatic heterocycles. The molecule has 21 heavy (non-hydrogen) atoms. The number of likely N-dealkylation sites (tertiary alicyclic amines) is 1. The summed E-state index contributed by atoms with van der Waals surface area (Å²) in [7, 11) is 2.14. The molecular weight excluding hydrogens is 270 g/mol. The largest absolute Gasteiger partial charge is 0.480 e. The second kappa shape index (κ2) is 5.48. The van der Waals surface area contributed by atoms with Gasteiger partial charge in [0.05, 0.1) is 0 Å². The number of carbonyl (C=O) groups excluding carboxylic acids is 1. The van der Waals surface area contributed by atoms with Crippen molar-refractivity contribution < 1.29 is 14.7 Å². The number of carbonyl (C=O) groups is 2. The summed E-state index contributed by atoms with van der Waals surface area (Å²) in [6, 6.07) is 0.806. The average Bonchev–Trinajstić information content (AvgIpc) is 2.96. The second-order valence-corrected chi connectivity index (χ2v) is 6.81. The molecule has 3 fully saturated rings. The van der Waals surface area contributed by atoms with Crippen molar-refractivity contribution in [3.63, 3.8) is 0 Å². The van der Waals surface area contributed by atoms with Crippen LogP contribution in [0.1, 0.15) is 44.9 Å². The van der Waals surface area contributed by atoms with Gasteiger partial charge < -0.3 is 15.3 Å². The number of carboxylic acids is 1. The zero-order valence-electron chi connectivity index (χ0n) is 12.7. The van der Waals surface area contributed by atoms with Gasteiger partial charge in [-0.2, -0.15) is 0 Å². The lowest BCUT2D eigenvalue weighted by molar-refractivity contribution is -0.144. The third kappa shape index (κ3) is 2.61. The Morgan fingerprint density at radius 1 is 1.14 bits per heavy atom. The Balaban J connectivity index is 1.66. The quantitative estimate of drug-likeness (QED) is 0.804. The second-order valence-electron chi connectivity index (χ2n) is 6.81. The lowest BCUT2D eigenvalue weighted by atomic mass is 9.98. The number of fused-ring (bicyclic) bond motifs is 2. The van der Waals surface area contributed by atoms with Crippen molar-refractivity contribution in [2.45, 2.75) is 62.6 Å². The van der Waals surface area contributed by atoms with E-state index in [4.69, 9.17) is 0 Å². The molecular formula is C15H25N3O3. The van der Waals surface area contributed by atoms with Crippen LogP contribution >= 0.6 is 0 Å². The first kappa shape index (κ1) is 14.6. The minimum Gasteiger partial charge on any atom is -0.480 e. The van der Waals surface area contributed by atoms with Crippen molar-refractivity contribution in [1.82, 2.24) is 15.1 Å². The van der Waals surface area contributed by atoms with Gasteiger partial charge in [-0.25, -0.2) is 9.59 Å². The minimum atomic E-state index is -1.03. The number of likely N-dealkylation sites (N-methyl/N-ethyl adjacent to an activating group) is 1. The van der Waals surface area contributed by atoms with Gasteiger partial charge in [0, 0.05) is 25.2 Å². The van der Waals surface area contributed by atoms with Crippen molar-refractivity contribution in [1.29, 1.82) is 0 Å². The van der Waals surface area contributed by atoms with Crippen LogP contribution in [-0.4, -0.2) is 64.7 Å². The predicted molar refractivity (Wildman–Crippen MR) is 78.1 cm³/mol. The molecule has 2 bridgehead atoms. The third-order valence-corrected chi connectivity index (χ3v) is 5.65. The molecule has 2 heterocycles. The Morgan fingerprint density at radius 3 is 2.48 bits per heavy atom. The molecule has 2 saturated heterocycles.